The van der Waals surface area contributed by atoms with Gasteiger partial charge in [0.2, 0.25) is 5.91 Å². The predicted molar refractivity (Wildman–Crippen MR) is 185 cm³/mol. The fraction of sp³-hybridized carbons (Fsp3) is 0.515. The highest BCUT2D eigenvalue weighted by atomic mass is 35.5. The van der Waals surface area contributed by atoms with Crippen molar-refractivity contribution in [1.82, 2.24) is 30.8 Å². The van der Waals surface area contributed by atoms with Crippen LogP contribution in [0.3, 0.4) is 0 Å². The molecule has 2 N–H and O–H groups in total. The lowest BCUT2D eigenvalue weighted by atomic mass is 9.91. The zero-order chi connectivity index (χ0) is 33.5. The lowest BCUT2D eigenvalue weighted by molar-refractivity contribution is -0.127. The van der Waals surface area contributed by atoms with Crippen molar-refractivity contribution < 1.29 is 9.59 Å². The Bertz CT molecular complexity index is 1170. The molecule has 11 heteroatoms. The number of hydrogen-bond acceptors (Lipinski definition) is 6. The van der Waals surface area contributed by atoms with Crippen LogP contribution in [0.5, 0.6) is 0 Å². The Morgan fingerprint density at radius 3 is 2.45 bits per heavy atom. The first-order valence-electron chi connectivity index (χ1n) is 15.1. The highest BCUT2D eigenvalue weighted by Gasteiger charge is 2.38. The summed E-state index contributed by atoms with van der Waals surface area (Å²) in [6.07, 6.45) is 15.5. The molecule has 0 radical (unpaired) electrons. The van der Waals surface area contributed by atoms with Gasteiger partial charge in [0.15, 0.2) is 5.82 Å². The molecule has 1 aromatic heterocycles. The Kier molecular flexibility index (Phi) is 21.4. The van der Waals surface area contributed by atoms with E-state index in [4.69, 9.17) is 28.2 Å². The molecule has 1 aliphatic rings. The number of H-pyrrole nitrogens is 1. The third kappa shape index (κ3) is 14.9. The van der Waals surface area contributed by atoms with Crippen molar-refractivity contribution in [2.45, 2.75) is 98.2 Å². The van der Waals surface area contributed by atoms with Crippen molar-refractivity contribution in [2.24, 2.45) is 4.99 Å². The minimum atomic E-state index is -0.524. The molecule has 0 saturated carbocycles. The van der Waals surface area contributed by atoms with E-state index in [9.17, 15) is 9.59 Å². The van der Waals surface area contributed by atoms with Gasteiger partial charge < -0.3 is 10.2 Å². The number of unbranched alkanes of at least 4 members (excludes halogenated alkanes) is 1. The molecule has 2 amide bonds. The van der Waals surface area contributed by atoms with E-state index in [0.717, 1.165) is 24.8 Å². The van der Waals surface area contributed by atoms with Crippen molar-refractivity contribution >= 4 is 40.7 Å². The Balaban J connectivity index is 0.00000347. The molecule has 0 aliphatic carbocycles. The fourth-order valence-electron chi connectivity index (χ4n) is 4.15. The molecule has 44 heavy (non-hydrogen) atoms. The summed E-state index contributed by atoms with van der Waals surface area (Å²) in [7, 11) is 0. The van der Waals surface area contributed by atoms with Gasteiger partial charge in [-0.05, 0) is 38.3 Å². The van der Waals surface area contributed by atoms with Crippen LogP contribution in [0.4, 0.5) is 0 Å². The molecule has 1 aliphatic heterocycles. The number of nitrogens with zero attached hydrogens (tertiary/aromatic N) is 5. The van der Waals surface area contributed by atoms with Gasteiger partial charge in [0, 0.05) is 29.5 Å². The smallest absolute Gasteiger partial charge is 0.273 e. The molecule has 1 unspecified atom stereocenters. The van der Waals surface area contributed by atoms with Crippen molar-refractivity contribution in [3.63, 3.8) is 0 Å². The van der Waals surface area contributed by atoms with Crippen molar-refractivity contribution in [2.75, 3.05) is 12.4 Å². The Morgan fingerprint density at radius 2 is 1.91 bits per heavy atom. The molecule has 244 valence electrons. The van der Waals surface area contributed by atoms with E-state index in [0.29, 0.717) is 35.1 Å². The Labute approximate surface area is 274 Å². The first-order chi connectivity index (χ1) is 21.1. The lowest BCUT2D eigenvalue weighted by Crippen LogP contribution is -2.54. The molecule has 1 atom stereocenters. The number of carbonyl (C=O) groups excluding carboxylic acids is 2. The fourth-order valence-corrected chi connectivity index (χ4v) is 4.43. The number of rotatable bonds is 15. The SMILES string of the molecule is C=C.C=C/C=C(\C=C/CC(=O)NCc1nn[nH]n1)C(CCCC)N1CC(C)(C)N=C(C(/C=C(/Cl)CC)=C/CCl)C1=O.CCC. The molecule has 0 aromatic carbocycles. The average Bonchev–Trinajstić information content (AvgIpc) is 3.52. The molecule has 0 spiro atoms. The summed E-state index contributed by atoms with van der Waals surface area (Å²) in [6, 6.07) is -0.234. The second-order valence-electron chi connectivity index (χ2n) is 10.4. The quantitative estimate of drug-likeness (QED) is 0.117. The molecule has 2 rings (SSSR count). The van der Waals surface area contributed by atoms with E-state index in [2.05, 4.69) is 66.4 Å². The molecule has 0 fully saturated rings. The van der Waals surface area contributed by atoms with E-state index in [1.807, 2.05) is 37.8 Å². The number of alkyl halides is 1. The number of allylic oxidation sites excluding steroid dienone is 5. The first kappa shape index (κ1) is 40.7. The van der Waals surface area contributed by atoms with Gasteiger partial charge >= 0.3 is 0 Å². The lowest BCUT2D eigenvalue weighted by Gasteiger charge is -2.41. The molecule has 0 bridgehead atoms. The van der Waals surface area contributed by atoms with Gasteiger partial charge in [-0.2, -0.15) is 5.21 Å². The maximum absolute atomic E-state index is 14.0. The highest BCUT2D eigenvalue weighted by Crippen LogP contribution is 2.29. The van der Waals surface area contributed by atoms with Gasteiger partial charge in [0.1, 0.15) is 5.71 Å². The number of tetrazole rings is 1. The van der Waals surface area contributed by atoms with Crippen LogP contribution in [0.15, 0.2) is 77.4 Å². The number of amides is 2. The van der Waals surface area contributed by atoms with E-state index >= 15 is 0 Å². The molecular formula is C33H51Cl2N7O2. The van der Waals surface area contributed by atoms with Gasteiger partial charge in [-0.25, -0.2) is 0 Å². The number of nitrogens with one attached hydrogen (secondary N) is 2. The van der Waals surface area contributed by atoms with Gasteiger partial charge in [0.25, 0.3) is 5.91 Å². The van der Waals surface area contributed by atoms with E-state index in [-0.39, 0.29) is 36.7 Å². The second-order valence-corrected chi connectivity index (χ2v) is 11.2. The topological polar surface area (TPSA) is 116 Å². The van der Waals surface area contributed by atoms with Crippen LogP contribution < -0.4 is 5.32 Å². The number of aromatic amines is 1. The van der Waals surface area contributed by atoms with E-state index in [1.54, 1.807) is 24.3 Å². The minimum absolute atomic E-state index is 0.155. The normalized spacial score (nSPS) is 15.9. The number of halogens is 2. The van der Waals surface area contributed by atoms with Crippen LogP contribution in [0, 0.1) is 0 Å². The van der Waals surface area contributed by atoms with Crippen LogP contribution in [-0.2, 0) is 16.1 Å². The first-order valence-corrected chi connectivity index (χ1v) is 16.0. The summed E-state index contributed by atoms with van der Waals surface area (Å²) in [5.74, 6) is 0.273. The molecule has 0 saturated heterocycles. The minimum Gasteiger partial charge on any atom is -0.348 e. The number of aromatic nitrogens is 4. The summed E-state index contributed by atoms with van der Waals surface area (Å²) < 4.78 is 0. The maximum Gasteiger partial charge on any atom is 0.273 e. The average molecular weight is 649 g/mol. The molecule has 2 heterocycles. The molecule has 1 aromatic rings. The van der Waals surface area contributed by atoms with Gasteiger partial charge in [-0.3, -0.25) is 14.6 Å². The predicted octanol–water partition coefficient (Wildman–Crippen LogP) is 7.41. The molecule has 9 nitrogen and oxygen atoms in total. The standard InChI is InChI=1S/C28H39Cl2N7O2.C3H8.C2H4/c1-6-9-13-23(20(11-7-2)12-10-14-25(38)31-18-24-33-35-36-34-24)37-19-28(4,5)32-26(27(37)39)21(15-16-29)17-22(30)8-3;1-3-2;1-2/h7,10-12,15,17,23H,2,6,8-9,13-14,16,18-19H2,1,3-5H3,(H,31,38)(H,33,34,35,36);3H2,1-2H3;1-2H2/b12-10-,20-11+,21-15+,22-17+;;. The van der Waals surface area contributed by atoms with Crippen molar-refractivity contribution in [3.05, 3.63) is 78.2 Å². The third-order valence-corrected chi connectivity index (χ3v) is 6.54. The Hall–Kier alpha value is -3.30. The van der Waals surface area contributed by atoms with Crippen LogP contribution in [0.2, 0.25) is 0 Å². The maximum atomic E-state index is 14.0. The zero-order valence-electron chi connectivity index (χ0n) is 27.3. The molecular weight excluding hydrogens is 597 g/mol. The summed E-state index contributed by atoms with van der Waals surface area (Å²) in [5, 5.41) is 16.9. The largest absolute Gasteiger partial charge is 0.348 e. The summed E-state index contributed by atoms with van der Waals surface area (Å²) in [4.78, 5) is 33.0. The van der Waals surface area contributed by atoms with Crippen LogP contribution in [0.25, 0.3) is 0 Å². The number of carbonyl (C=O) groups is 2. The number of hydrogen-bond donors (Lipinski definition) is 2. The van der Waals surface area contributed by atoms with Crippen LogP contribution >= 0.6 is 23.2 Å². The third-order valence-electron chi connectivity index (χ3n) is 6.00. The van der Waals surface area contributed by atoms with Gasteiger partial charge in [-0.1, -0.05) is 101 Å². The monoisotopic (exact) mass is 647 g/mol. The van der Waals surface area contributed by atoms with Crippen LogP contribution in [-0.4, -0.2) is 67.1 Å². The van der Waals surface area contributed by atoms with Crippen LogP contribution in [0.1, 0.15) is 85.9 Å². The second kappa shape index (κ2) is 23.1. The number of aliphatic imine (C=N–C) groups is 1. The van der Waals surface area contributed by atoms with Gasteiger partial charge in [0.05, 0.1) is 18.1 Å². The van der Waals surface area contributed by atoms with E-state index < -0.39 is 5.54 Å². The van der Waals surface area contributed by atoms with Crippen molar-refractivity contribution in [1.29, 1.82) is 0 Å². The Morgan fingerprint density at radius 1 is 1.23 bits per heavy atom. The zero-order valence-corrected chi connectivity index (χ0v) is 28.8. The summed E-state index contributed by atoms with van der Waals surface area (Å²) in [5.41, 5.74) is 1.34. The summed E-state index contributed by atoms with van der Waals surface area (Å²) in [6.45, 7) is 22.8. The highest BCUT2D eigenvalue weighted by molar-refractivity contribution is 6.47. The van der Waals surface area contributed by atoms with E-state index in [1.165, 1.54) is 6.42 Å². The van der Waals surface area contributed by atoms with Crippen molar-refractivity contribution in [3.8, 4) is 0 Å². The van der Waals surface area contributed by atoms with Gasteiger partial charge in [-0.15, -0.1) is 35.0 Å². The summed E-state index contributed by atoms with van der Waals surface area (Å²) >= 11 is 12.4.